The number of rotatable bonds is 4. The van der Waals surface area contributed by atoms with E-state index < -0.39 is 0 Å². The number of hydrogen-bond acceptors (Lipinski definition) is 4. The van der Waals surface area contributed by atoms with Crippen molar-refractivity contribution in [3.05, 3.63) is 48.0 Å². The smallest absolute Gasteiger partial charge is 0.129 e. The lowest BCUT2D eigenvalue weighted by atomic mass is 10.3. The van der Waals surface area contributed by atoms with Crippen LogP contribution in [-0.2, 0) is 18.0 Å². The molecule has 0 spiro atoms. The molecule has 78 valence electrons. The summed E-state index contributed by atoms with van der Waals surface area (Å²) in [5.41, 5.74) is 6.36. The third-order valence-corrected chi connectivity index (χ3v) is 1.90. The predicted octanol–water partition coefficient (Wildman–Crippen LogP) is 1.97. The van der Waals surface area contributed by atoms with E-state index in [9.17, 15) is 0 Å². The first-order valence-corrected chi connectivity index (χ1v) is 4.66. The standard InChI is InChI=1S/C11H12N2O2/c12-11-5-1-3-9(13-11)7-14-8-10-4-2-6-15-10/h1-6H,7-8H2,(H2,12,13). The SMILES string of the molecule is Nc1cccc(COCc2ccco2)n1. The van der Waals surface area contributed by atoms with E-state index in [0.717, 1.165) is 11.5 Å². The van der Waals surface area contributed by atoms with Crippen LogP contribution in [0.5, 0.6) is 0 Å². The lowest BCUT2D eigenvalue weighted by molar-refractivity contribution is 0.0907. The van der Waals surface area contributed by atoms with Gasteiger partial charge in [-0.15, -0.1) is 0 Å². The maximum absolute atomic E-state index is 5.54. The summed E-state index contributed by atoms with van der Waals surface area (Å²) in [5, 5.41) is 0. The van der Waals surface area contributed by atoms with Crippen molar-refractivity contribution >= 4 is 5.82 Å². The molecule has 2 aromatic rings. The number of nitrogens with two attached hydrogens (primary N) is 1. The molecule has 15 heavy (non-hydrogen) atoms. The van der Waals surface area contributed by atoms with Crippen molar-refractivity contribution in [1.82, 2.24) is 4.98 Å². The van der Waals surface area contributed by atoms with E-state index >= 15 is 0 Å². The first kappa shape index (κ1) is 9.73. The van der Waals surface area contributed by atoms with Gasteiger partial charge in [0, 0.05) is 0 Å². The average Bonchev–Trinajstić information content (AvgIpc) is 2.71. The molecule has 4 nitrogen and oxygen atoms in total. The highest BCUT2D eigenvalue weighted by Gasteiger charge is 1.98. The zero-order valence-corrected chi connectivity index (χ0v) is 8.22. The first-order valence-electron chi connectivity index (χ1n) is 4.66. The number of furan rings is 1. The van der Waals surface area contributed by atoms with Gasteiger partial charge in [0.15, 0.2) is 0 Å². The van der Waals surface area contributed by atoms with Crippen molar-refractivity contribution in [1.29, 1.82) is 0 Å². The quantitative estimate of drug-likeness (QED) is 0.827. The molecule has 0 aliphatic heterocycles. The average molecular weight is 204 g/mol. The Morgan fingerprint density at radius 2 is 2.13 bits per heavy atom. The van der Waals surface area contributed by atoms with E-state index in [1.807, 2.05) is 24.3 Å². The Kier molecular flexibility index (Phi) is 2.99. The maximum Gasteiger partial charge on any atom is 0.129 e. The maximum atomic E-state index is 5.54. The summed E-state index contributed by atoms with van der Waals surface area (Å²) < 4.78 is 10.5. The molecule has 0 fully saturated rings. The Morgan fingerprint density at radius 3 is 2.87 bits per heavy atom. The fourth-order valence-electron chi connectivity index (χ4n) is 1.23. The van der Waals surface area contributed by atoms with Crippen LogP contribution in [0.15, 0.2) is 41.0 Å². The summed E-state index contributed by atoms with van der Waals surface area (Å²) in [6.45, 7) is 0.884. The molecule has 2 aromatic heterocycles. The molecule has 0 bridgehead atoms. The summed E-state index contributed by atoms with van der Waals surface area (Å²) in [6.07, 6.45) is 1.62. The molecular weight excluding hydrogens is 192 g/mol. The Hall–Kier alpha value is -1.81. The van der Waals surface area contributed by atoms with Gasteiger partial charge in [0.25, 0.3) is 0 Å². The number of nitrogen functional groups attached to an aromatic ring is 1. The van der Waals surface area contributed by atoms with Crippen molar-refractivity contribution in [2.24, 2.45) is 0 Å². The van der Waals surface area contributed by atoms with E-state index in [4.69, 9.17) is 14.9 Å². The van der Waals surface area contributed by atoms with Crippen molar-refractivity contribution in [2.45, 2.75) is 13.2 Å². The highest BCUT2D eigenvalue weighted by atomic mass is 16.5. The van der Waals surface area contributed by atoms with Crippen LogP contribution in [0, 0.1) is 0 Å². The summed E-state index contributed by atoms with van der Waals surface area (Å²) in [5.74, 6) is 1.31. The minimum absolute atomic E-state index is 0.436. The van der Waals surface area contributed by atoms with Gasteiger partial charge in [-0.05, 0) is 24.3 Å². The number of aromatic nitrogens is 1. The van der Waals surface area contributed by atoms with Gasteiger partial charge in [-0.3, -0.25) is 0 Å². The molecule has 2 heterocycles. The van der Waals surface area contributed by atoms with Crippen LogP contribution in [0.25, 0.3) is 0 Å². The number of ether oxygens (including phenoxy) is 1. The van der Waals surface area contributed by atoms with Gasteiger partial charge in [0.05, 0.1) is 18.6 Å². The molecule has 0 aromatic carbocycles. The number of hydrogen-bond donors (Lipinski definition) is 1. The zero-order chi connectivity index (χ0) is 10.5. The van der Waals surface area contributed by atoms with Crippen LogP contribution in [0.4, 0.5) is 5.82 Å². The third-order valence-electron chi connectivity index (χ3n) is 1.90. The highest BCUT2D eigenvalue weighted by molar-refractivity contribution is 5.28. The lowest BCUT2D eigenvalue weighted by Gasteiger charge is -2.02. The van der Waals surface area contributed by atoms with Crippen molar-refractivity contribution in [2.75, 3.05) is 5.73 Å². The van der Waals surface area contributed by atoms with E-state index in [1.165, 1.54) is 0 Å². The van der Waals surface area contributed by atoms with E-state index in [1.54, 1.807) is 12.3 Å². The van der Waals surface area contributed by atoms with Gasteiger partial charge < -0.3 is 14.9 Å². The second-order valence-corrected chi connectivity index (χ2v) is 3.13. The van der Waals surface area contributed by atoms with Crippen molar-refractivity contribution < 1.29 is 9.15 Å². The van der Waals surface area contributed by atoms with Gasteiger partial charge in [-0.2, -0.15) is 0 Å². The molecule has 0 saturated carbocycles. The Morgan fingerprint density at radius 1 is 1.20 bits per heavy atom. The molecule has 2 N–H and O–H groups in total. The number of nitrogens with zero attached hydrogens (tertiary/aromatic N) is 1. The second-order valence-electron chi connectivity index (χ2n) is 3.13. The normalized spacial score (nSPS) is 10.4. The molecule has 0 aliphatic rings. The monoisotopic (exact) mass is 204 g/mol. The van der Waals surface area contributed by atoms with Crippen molar-refractivity contribution in [3.63, 3.8) is 0 Å². The molecule has 2 rings (SSSR count). The Labute approximate surface area is 87.7 Å². The van der Waals surface area contributed by atoms with Gasteiger partial charge >= 0.3 is 0 Å². The van der Waals surface area contributed by atoms with Gasteiger partial charge in [-0.1, -0.05) is 6.07 Å². The fraction of sp³-hybridized carbons (Fsp3) is 0.182. The summed E-state index contributed by atoms with van der Waals surface area (Å²) in [7, 11) is 0. The van der Waals surface area contributed by atoms with Gasteiger partial charge in [0.2, 0.25) is 0 Å². The Bertz CT molecular complexity index is 412. The van der Waals surface area contributed by atoms with Crippen LogP contribution >= 0.6 is 0 Å². The molecule has 0 saturated heterocycles. The summed E-state index contributed by atoms with van der Waals surface area (Å²) >= 11 is 0. The first-order chi connectivity index (χ1) is 7.34. The predicted molar refractivity (Wildman–Crippen MR) is 55.9 cm³/mol. The number of pyridine rings is 1. The van der Waals surface area contributed by atoms with E-state index in [-0.39, 0.29) is 0 Å². The van der Waals surface area contributed by atoms with E-state index in [0.29, 0.717) is 19.0 Å². The van der Waals surface area contributed by atoms with Gasteiger partial charge in [0.1, 0.15) is 18.2 Å². The minimum Gasteiger partial charge on any atom is -0.467 e. The third kappa shape index (κ3) is 2.82. The van der Waals surface area contributed by atoms with Crippen molar-refractivity contribution in [3.8, 4) is 0 Å². The summed E-state index contributed by atoms with van der Waals surface area (Å²) in [6, 6.07) is 9.17. The largest absolute Gasteiger partial charge is 0.467 e. The second kappa shape index (κ2) is 4.61. The molecule has 0 radical (unpaired) electrons. The molecule has 0 atom stereocenters. The Balaban J connectivity index is 1.83. The molecule has 0 aliphatic carbocycles. The zero-order valence-electron chi connectivity index (χ0n) is 8.22. The number of anilines is 1. The van der Waals surface area contributed by atoms with Crippen LogP contribution in [0.1, 0.15) is 11.5 Å². The minimum atomic E-state index is 0.436. The molecule has 4 heteroatoms. The van der Waals surface area contributed by atoms with Crippen LogP contribution in [-0.4, -0.2) is 4.98 Å². The lowest BCUT2D eigenvalue weighted by Crippen LogP contribution is -1.98. The van der Waals surface area contributed by atoms with Crippen LogP contribution in [0.3, 0.4) is 0 Å². The highest BCUT2D eigenvalue weighted by Crippen LogP contribution is 2.06. The van der Waals surface area contributed by atoms with Gasteiger partial charge in [-0.25, -0.2) is 4.98 Å². The van der Waals surface area contributed by atoms with Crippen LogP contribution in [0.2, 0.25) is 0 Å². The van der Waals surface area contributed by atoms with Crippen LogP contribution < -0.4 is 5.73 Å². The molecular formula is C11H12N2O2. The fourth-order valence-corrected chi connectivity index (χ4v) is 1.23. The summed E-state index contributed by atoms with van der Waals surface area (Å²) in [4.78, 5) is 4.11. The molecule has 0 unspecified atom stereocenters. The topological polar surface area (TPSA) is 61.3 Å². The molecule has 0 amide bonds. The van der Waals surface area contributed by atoms with E-state index in [2.05, 4.69) is 4.98 Å².